The predicted octanol–water partition coefficient (Wildman–Crippen LogP) is 10.7. The lowest BCUT2D eigenvalue weighted by atomic mass is 9.62. The van der Waals surface area contributed by atoms with Crippen LogP contribution in [-0.2, 0) is 0 Å². The van der Waals surface area contributed by atoms with Gasteiger partial charge in [-0.1, -0.05) is 79.5 Å². The number of benzene rings is 2. The molecular formula is C36H56N2. The summed E-state index contributed by atoms with van der Waals surface area (Å²) in [5.74, 6) is 7.34. The highest BCUT2D eigenvalue weighted by Gasteiger charge is 2.39. The lowest BCUT2D eigenvalue weighted by Crippen LogP contribution is -2.42. The maximum atomic E-state index is 4.14. The van der Waals surface area contributed by atoms with Crippen LogP contribution in [0.15, 0.2) is 54.6 Å². The van der Waals surface area contributed by atoms with Crippen molar-refractivity contribution in [2.75, 3.05) is 10.6 Å². The molecule has 2 aliphatic rings. The SMILES string of the molecule is CC1CCC(C(C)C)C(C(C)CC(Nc2ccc(Nc3ccccc3)cc2)C2CC(C)CCC2C(C)C)C1. The largest absolute Gasteiger partial charge is 0.382 e. The Labute approximate surface area is 234 Å². The van der Waals surface area contributed by atoms with E-state index in [0.29, 0.717) is 6.04 Å². The van der Waals surface area contributed by atoms with Gasteiger partial charge in [-0.15, -0.1) is 0 Å². The van der Waals surface area contributed by atoms with Crippen molar-refractivity contribution in [1.82, 2.24) is 0 Å². The summed E-state index contributed by atoms with van der Waals surface area (Å²) >= 11 is 0. The zero-order valence-corrected chi connectivity index (χ0v) is 25.4. The Morgan fingerprint density at radius 1 is 0.605 bits per heavy atom. The summed E-state index contributed by atoms with van der Waals surface area (Å²) in [5, 5.41) is 7.69. The molecule has 0 radical (unpaired) electrons. The molecule has 2 aliphatic carbocycles. The molecule has 2 N–H and O–H groups in total. The fraction of sp³-hybridized carbons (Fsp3) is 0.667. The average molecular weight is 517 g/mol. The molecule has 0 amide bonds. The van der Waals surface area contributed by atoms with Crippen molar-refractivity contribution in [3.05, 3.63) is 54.6 Å². The van der Waals surface area contributed by atoms with E-state index < -0.39 is 0 Å². The van der Waals surface area contributed by atoms with E-state index in [1.807, 2.05) is 0 Å². The van der Waals surface area contributed by atoms with Crippen molar-refractivity contribution >= 4 is 17.1 Å². The van der Waals surface area contributed by atoms with Crippen LogP contribution >= 0.6 is 0 Å². The van der Waals surface area contributed by atoms with Crippen LogP contribution in [0.25, 0.3) is 0 Å². The van der Waals surface area contributed by atoms with Crippen molar-refractivity contribution in [3.63, 3.8) is 0 Å². The summed E-state index contributed by atoms with van der Waals surface area (Å²) in [5.41, 5.74) is 3.56. The Hall–Kier alpha value is -1.96. The molecule has 0 heterocycles. The molecule has 2 aromatic rings. The molecule has 2 nitrogen and oxygen atoms in total. The smallest absolute Gasteiger partial charge is 0.0385 e. The first-order valence-electron chi connectivity index (χ1n) is 15.9. The van der Waals surface area contributed by atoms with Crippen LogP contribution in [0.5, 0.6) is 0 Å². The van der Waals surface area contributed by atoms with Crippen LogP contribution in [0.3, 0.4) is 0 Å². The van der Waals surface area contributed by atoms with Crippen LogP contribution in [0.1, 0.15) is 93.4 Å². The number of rotatable bonds is 10. The fourth-order valence-electron chi connectivity index (χ4n) is 8.14. The van der Waals surface area contributed by atoms with Gasteiger partial charge in [-0.2, -0.15) is 0 Å². The molecule has 4 rings (SSSR count). The van der Waals surface area contributed by atoms with E-state index >= 15 is 0 Å². The minimum Gasteiger partial charge on any atom is -0.382 e. The molecule has 2 fully saturated rings. The third kappa shape index (κ3) is 7.57. The zero-order valence-electron chi connectivity index (χ0n) is 25.4. The third-order valence-electron chi connectivity index (χ3n) is 10.3. The molecule has 8 unspecified atom stereocenters. The van der Waals surface area contributed by atoms with Crippen LogP contribution in [0, 0.1) is 53.3 Å². The topological polar surface area (TPSA) is 24.1 Å². The van der Waals surface area contributed by atoms with Crippen molar-refractivity contribution < 1.29 is 0 Å². The first-order valence-corrected chi connectivity index (χ1v) is 15.9. The minimum atomic E-state index is 0.540. The monoisotopic (exact) mass is 516 g/mol. The van der Waals surface area contributed by atoms with Gasteiger partial charge in [0.2, 0.25) is 0 Å². The Morgan fingerprint density at radius 2 is 1.11 bits per heavy atom. The first kappa shape index (κ1) is 29.0. The van der Waals surface area contributed by atoms with Crippen LogP contribution in [0.4, 0.5) is 17.1 Å². The predicted molar refractivity (Wildman–Crippen MR) is 167 cm³/mol. The van der Waals surface area contributed by atoms with Gasteiger partial charge >= 0.3 is 0 Å². The Balaban J connectivity index is 1.54. The van der Waals surface area contributed by atoms with Crippen molar-refractivity contribution in [2.24, 2.45) is 53.3 Å². The van der Waals surface area contributed by atoms with Gasteiger partial charge in [-0.3, -0.25) is 0 Å². The second-order valence-corrected chi connectivity index (χ2v) is 14.0. The molecule has 0 saturated heterocycles. The van der Waals surface area contributed by atoms with Gasteiger partial charge in [-0.05, 0) is 122 Å². The molecule has 0 aliphatic heterocycles. The van der Waals surface area contributed by atoms with E-state index in [0.717, 1.165) is 64.6 Å². The maximum Gasteiger partial charge on any atom is 0.0385 e. The van der Waals surface area contributed by atoms with Crippen LogP contribution < -0.4 is 10.6 Å². The molecule has 0 aromatic heterocycles. The molecule has 2 saturated carbocycles. The van der Waals surface area contributed by atoms with Crippen LogP contribution in [-0.4, -0.2) is 6.04 Å². The standard InChI is InChI=1S/C36H56N2/c1-24(2)32-19-13-26(5)21-34(32)28(7)23-36(35-22-27(6)14-20-33(35)25(3)4)38-31-17-15-30(16-18-31)37-29-11-9-8-10-12-29/h8-12,15-18,24-28,32-38H,13-14,19-23H2,1-7H3. The maximum absolute atomic E-state index is 4.14. The quantitative estimate of drug-likeness (QED) is 0.328. The summed E-state index contributed by atoms with van der Waals surface area (Å²) in [4.78, 5) is 0. The van der Waals surface area contributed by atoms with Crippen LogP contribution in [0.2, 0.25) is 0 Å². The Kier molecular flexibility index (Phi) is 10.2. The second kappa shape index (κ2) is 13.4. The highest BCUT2D eigenvalue weighted by Crippen LogP contribution is 2.46. The lowest BCUT2D eigenvalue weighted by Gasteiger charge is -2.46. The summed E-state index contributed by atoms with van der Waals surface area (Å²) in [7, 11) is 0. The zero-order chi connectivity index (χ0) is 27.2. The Bertz CT molecular complexity index is 949. The van der Waals surface area contributed by atoms with Crippen molar-refractivity contribution in [3.8, 4) is 0 Å². The van der Waals surface area contributed by atoms with Crippen molar-refractivity contribution in [1.29, 1.82) is 0 Å². The molecule has 2 aromatic carbocycles. The van der Waals surface area contributed by atoms with E-state index in [4.69, 9.17) is 0 Å². The molecule has 0 spiro atoms. The number of para-hydroxylation sites is 1. The van der Waals surface area contributed by atoms with Gasteiger partial charge < -0.3 is 10.6 Å². The Morgan fingerprint density at radius 3 is 1.68 bits per heavy atom. The number of nitrogens with one attached hydrogen (secondary N) is 2. The minimum absolute atomic E-state index is 0.540. The average Bonchev–Trinajstić information content (AvgIpc) is 2.89. The van der Waals surface area contributed by atoms with E-state index in [1.54, 1.807) is 0 Å². The van der Waals surface area contributed by atoms with Gasteiger partial charge in [0.1, 0.15) is 0 Å². The fourth-order valence-corrected chi connectivity index (χ4v) is 8.14. The van der Waals surface area contributed by atoms with Gasteiger partial charge in [0.15, 0.2) is 0 Å². The van der Waals surface area contributed by atoms with Gasteiger partial charge in [0.05, 0.1) is 0 Å². The second-order valence-electron chi connectivity index (χ2n) is 14.0. The number of hydrogen-bond acceptors (Lipinski definition) is 2. The molecule has 38 heavy (non-hydrogen) atoms. The van der Waals surface area contributed by atoms with E-state index in [2.05, 4.69) is 114 Å². The molecule has 210 valence electrons. The first-order chi connectivity index (χ1) is 18.2. The van der Waals surface area contributed by atoms with Gasteiger partial charge in [0.25, 0.3) is 0 Å². The highest BCUT2D eigenvalue weighted by atomic mass is 14.9. The van der Waals surface area contributed by atoms with Gasteiger partial charge in [-0.25, -0.2) is 0 Å². The summed E-state index contributed by atoms with van der Waals surface area (Å²) < 4.78 is 0. The molecule has 0 bridgehead atoms. The molecule has 8 atom stereocenters. The van der Waals surface area contributed by atoms with E-state index in [9.17, 15) is 0 Å². The summed E-state index contributed by atoms with van der Waals surface area (Å²) in [6, 6.07) is 20.1. The number of anilines is 3. The lowest BCUT2D eigenvalue weighted by molar-refractivity contribution is 0.0738. The molecular weight excluding hydrogens is 460 g/mol. The third-order valence-corrected chi connectivity index (χ3v) is 10.3. The van der Waals surface area contributed by atoms with Crippen molar-refractivity contribution in [2.45, 2.75) is 99.5 Å². The highest BCUT2D eigenvalue weighted by molar-refractivity contribution is 5.62. The normalized spacial score (nSPS) is 29.7. The summed E-state index contributed by atoms with van der Waals surface area (Å²) in [6.45, 7) is 17.5. The summed E-state index contributed by atoms with van der Waals surface area (Å²) in [6.07, 6.45) is 9.73. The van der Waals surface area contributed by atoms with E-state index in [-0.39, 0.29) is 0 Å². The van der Waals surface area contributed by atoms with Gasteiger partial charge in [0, 0.05) is 23.1 Å². The molecule has 2 heteroatoms. The number of hydrogen-bond donors (Lipinski definition) is 2. The van der Waals surface area contributed by atoms with E-state index in [1.165, 1.54) is 50.6 Å².